The van der Waals surface area contributed by atoms with E-state index in [1.807, 2.05) is 0 Å². The maximum Gasteiger partial charge on any atom is 0.306 e. The number of likely N-dealkylation sites (N-methyl/N-ethyl adjacent to an activating group) is 1. The molecule has 0 unspecified atom stereocenters. The van der Waals surface area contributed by atoms with Crippen LogP contribution in [0.15, 0.2) is 47.1 Å². The highest BCUT2D eigenvalue weighted by Crippen LogP contribution is 2.17. The van der Waals surface area contributed by atoms with E-state index in [4.69, 9.17) is 18.6 Å². The molecule has 1 heterocycles. The number of esters is 1. The van der Waals surface area contributed by atoms with Gasteiger partial charge in [0.2, 0.25) is 0 Å². The lowest BCUT2D eigenvalue weighted by Gasteiger charge is -2.15. The average molecular weight is 361 g/mol. The normalized spacial score (nSPS) is 10.2. The van der Waals surface area contributed by atoms with Crippen molar-refractivity contribution in [3.63, 3.8) is 0 Å². The molecule has 1 aromatic heterocycles. The molecule has 2 aromatic rings. The second-order valence-electron chi connectivity index (χ2n) is 5.62. The number of rotatable bonds is 10. The zero-order valence-electron chi connectivity index (χ0n) is 15.0. The summed E-state index contributed by atoms with van der Waals surface area (Å²) in [6.45, 7) is 0.433. The third-order valence-corrected chi connectivity index (χ3v) is 3.61. The van der Waals surface area contributed by atoms with Gasteiger partial charge in [-0.2, -0.15) is 0 Å². The van der Waals surface area contributed by atoms with Crippen molar-refractivity contribution in [2.45, 2.75) is 19.4 Å². The van der Waals surface area contributed by atoms with Gasteiger partial charge in [-0.1, -0.05) is 0 Å². The number of furan rings is 1. The molecule has 2 rings (SSSR count). The van der Waals surface area contributed by atoms with Crippen LogP contribution in [0.1, 0.15) is 18.6 Å². The van der Waals surface area contributed by atoms with Crippen molar-refractivity contribution in [2.24, 2.45) is 0 Å². The molecule has 0 saturated carbocycles. The number of nitrogens with zero attached hydrogens (tertiary/aromatic N) is 1. The van der Waals surface area contributed by atoms with Crippen molar-refractivity contribution in [1.82, 2.24) is 4.90 Å². The summed E-state index contributed by atoms with van der Waals surface area (Å²) < 4.78 is 20.8. The Morgan fingerprint density at radius 3 is 2.50 bits per heavy atom. The molecule has 7 heteroatoms. The van der Waals surface area contributed by atoms with Crippen LogP contribution in [0.25, 0.3) is 0 Å². The van der Waals surface area contributed by atoms with Gasteiger partial charge < -0.3 is 23.5 Å². The molecule has 0 aliphatic carbocycles. The van der Waals surface area contributed by atoms with Crippen molar-refractivity contribution >= 4 is 11.9 Å². The topological polar surface area (TPSA) is 78.2 Å². The van der Waals surface area contributed by atoms with Crippen LogP contribution in [0.3, 0.4) is 0 Å². The minimum Gasteiger partial charge on any atom is -0.497 e. The fourth-order valence-corrected chi connectivity index (χ4v) is 2.13. The summed E-state index contributed by atoms with van der Waals surface area (Å²) in [6.07, 6.45) is 2.23. The van der Waals surface area contributed by atoms with Crippen molar-refractivity contribution < 1.29 is 28.2 Å². The number of hydrogen-bond donors (Lipinski definition) is 0. The smallest absolute Gasteiger partial charge is 0.306 e. The number of hydrogen-bond acceptors (Lipinski definition) is 6. The van der Waals surface area contributed by atoms with Crippen molar-refractivity contribution in [1.29, 1.82) is 0 Å². The van der Waals surface area contributed by atoms with Crippen LogP contribution in [0, 0.1) is 0 Å². The number of methoxy groups -OCH3 is 1. The van der Waals surface area contributed by atoms with Gasteiger partial charge in [-0.15, -0.1) is 0 Å². The first kappa shape index (κ1) is 19.4. The first-order chi connectivity index (χ1) is 12.6. The molecule has 0 N–H and O–H groups in total. The Bertz CT molecular complexity index is 681. The summed E-state index contributed by atoms with van der Waals surface area (Å²) in [5.74, 6) is 1.41. The summed E-state index contributed by atoms with van der Waals surface area (Å²) in [5, 5.41) is 0. The van der Waals surface area contributed by atoms with Crippen LogP contribution >= 0.6 is 0 Å². The summed E-state index contributed by atoms with van der Waals surface area (Å²) in [6, 6.07) is 10.7. The Morgan fingerprint density at radius 1 is 1.12 bits per heavy atom. The van der Waals surface area contributed by atoms with E-state index in [1.165, 1.54) is 4.90 Å². The van der Waals surface area contributed by atoms with Gasteiger partial charge in [0.15, 0.2) is 6.61 Å². The second kappa shape index (κ2) is 10.1. The molecule has 0 fully saturated rings. The van der Waals surface area contributed by atoms with Crippen molar-refractivity contribution in [2.75, 3.05) is 27.4 Å². The predicted molar refractivity (Wildman–Crippen MR) is 93.9 cm³/mol. The largest absolute Gasteiger partial charge is 0.497 e. The Labute approximate surface area is 152 Å². The van der Waals surface area contributed by atoms with E-state index in [2.05, 4.69) is 0 Å². The van der Waals surface area contributed by atoms with Crippen LogP contribution in [0.2, 0.25) is 0 Å². The Kier molecular flexibility index (Phi) is 7.54. The van der Waals surface area contributed by atoms with Gasteiger partial charge >= 0.3 is 5.97 Å². The third kappa shape index (κ3) is 6.51. The van der Waals surface area contributed by atoms with E-state index in [9.17, 15) is 9.59 Å². The number of carbonyl (C=O) groups excluding carboxylic acids is 2. The molecule has 26 heavy (non-hydrogen) atoms. The van der Waals surface area contributed by atoms with E-state index in [-0.39, 0.29) is 18.9 Å². The molecular weight excluding hydrogens is 338 g/mol. The first-order valence-corrected chi connectivity index (χ1v) is 8.27. The molecule has 0 saturated heterocycles. The monoisotopic (exact) mass is 361 g/mol. The van der Waals surface area contributed by atoms with Gasteiger partial charge in [-0.3, -0.25) is 9.59 Å². The number of carbonyl (C=O) groups is 2. The molecule has 0 radical (unpaired) electrons. The van der Waals surface area contributed by atoms with Gasteiger partial charge in [-0.05, 0) is 42.8 Å². The second-order valence-corrected chi connectivity index (χ2v) is 5.62. The lowest BCUT2D eigenvalue weighted by molar-refractivity contribution is -0.152. The van der Waals surface area contributed by atoms with Crippen molar-refractivity contribution in [3.05, 3.63) is 48.4 Å². The summed E-state index contributed by atoms with van der Waals surface area (Å²) in [7, 11) is 3.22. The van der Waals surface area contributed by atoms with E-state index in [1.54, 1.807) is 56.8 Å². The minimum absolute atomic E-state index is 0.186. The fourth-order valence-electron chi connectivity index (χ4n) is 2.13. The van der Waals surface area contributed by atoms with Crippen LogP contribution in [0.5, 0.6) is 11.5 Å². The van der Waals surface area contributed by atoms with Gasteiger partial charge in [0.1, 0.15) is 17.3 Å². The lowest BCUT2D eigenvalue weighted by Crippen LogP contribution is -2.30. The van der Waals surface area contributed by atoms with Gasteiger partial charge in [0.05, 0.1) is 26.5 Å². The highest BCUT2D eigenvalue weighted by atomic mass is 16.5. The molecule has 0 spiro atoms. The summed E-state index contributed by atoms with van der Waals surface area (Å²) >= 11 is 0. The third-order valence-electron chi connectivity index (χ3n) is 3.61. The molecule has 140 valence electrons. The molecule has 0 aliphatic rings. The first-order valence-electron chi connectivity index (χ1n) is 8.27. The Morgan fingerprint density at radius 2 is 1.85 bits per heavy atom. The fraction of sp³-hybridized carbons (Fsp3) is 0.368. The predicted octanol–water partition coefficient (Wildman–Crippen LogP) is 2.65. The Balaban J connectivity index is 1.58. The van der Waals surface area contributed by atoms with Gasteiger partial charge in [-0.25, -0.2) is 0 Å². The maximum atomic E-state index is 11.9. The lowest BCUT2D eigenvalue weighted by atomic mass is 10.3. The van der Waals surface area contributed by atoms with Crippen LogP contribution in [-0.2, 0) is 20.9 Å². The molecule has 0 aliphatic heterocycles. The highest BCUT2D eigenvalue weighted by molar-refractivity contribution is 5.80. The van der Waals surface area contributed by atoms with Gasteiger partial charge in [0.25, 0.3) is 5.91 Å². The average Bonchev–Trinajstić information content (AvgIpc) is 3.16. The molecule has 0 atom stereocenters. The molecule has 1 aromatic carbocycles. The molecular formula is C19H23NO6. The summed E-state index contributed by atoms with van der Waals surface area (Å²) in [4.78, 5) is 25.1. The van der Waals surface area contributed by atoms with Crippen molar-refractivity contribution in [3.8, 4) is 11.5 Å². The Hall–Kier alpha value is -2.96. The SMILES string of the molecule is COc1ccc(OCCCC(=O)OCC(=O)N(C)Cc2ccco2)cc1. The number of amides is 1. The minimum atomic E-state index is -0.428. The zero-order chi connectivity index (χ0) is 18.8. The number of benzene rings is 1. The molecule has 7 nitrogen and oxygen atoms in total. The standard InChI is InChI=1S/C19H23NO6/c1-20(13-17-5-3-11-25-17)18(21)14-26-19(22)6-4-12-24-16-9-7-15(23-2)8-10-16/h3,5,7-11H,4,6,12-14H2,1-2H3. The van der Waals surface area contributed by atoms with Gasteiger partial charge in [0, 0.05) is 13.5 Å². The van der Waals surface area contributed by atoms with Crippen LogP contribution in [-0.4, -0.2) is 44.1 Å². The van der Waals surface area contributed by atoms with E-state index in [0.29, 0.717) is 31.1 Å². The summed E-state index contributed by atoms with van der Waals surface area (Å²) in [5.41, 5.74) is 0. The van der Waals surface area contributed by atoms with E-state index < -0.39 is 5.97 Å². The van der Waals surface area contributed by atoms with Crippen LogP contribution < -0.4 is 9.47 Å². The highest BCUT2D eigenvalue weighted by Gasteiger charge is 2.13. The quantitative estimate of drug-likeness (QED) is 0.478. The zero-order valence-corrected chi connectivity index (χ0v) is 15.0. The molecule has 1 amide bonds. The number of ether oxygens (including phenoxy) is 3. The molecule has 0 bridgehead atoms. The van der Waals surface area contributed by atoms with E-state index >= 15 is 0 Å². The van der Waals surface area contributed by atoms with Crippen LogP contribution in [0.4, 0.5) is 0 Å². The van der Waals surface area contributed by atoms with E-state index in [0.717, 1.165) is 5.75 Å². The maximum absolute atomic E-state index is 11.9.